The fraction of sp³-hybridized carbons (Fsp3) is 0.500. The van der Waals surface area contributed by atoms with Gasteiger partial charge in [-0.05, 0) is 25.0 Å². The van der Waals surface area contributed by atoms with Gasteiger partial charge in [-0.15, -0.1) is 0 Å². The number of benzene rings is 1. The molecule has 0 aliphatic heterocycles. The number of hydrazine groups is 1. The second-order valence-electron chi connectivity index (χ2n) is 3.97. The number of hydrogen-bond donors (Lipinski definition) is 2. The molecule has 1 aliphatic carbocycles. The molecule has 0 radical (unpaired) electrons. The molecule has 0 saturated heterocycles. The van der Waals surface area contributed by atoms with Gasteiger partial charge in [0.15, 0.2) is 0 Å². The molecule has 0 bridgehead atoms. The quantitative estimate of drug-likeness (QED) is 0.716. The number of hydrogen-bond acceptors (Lipinski definition) is 2. The standard InChI is InChI=1S/C12H18N2/c1-3-7-11(8-4-1)13-14-12-9-5-2-6-10-12/h1,3-4,7-8,12-14H,2,5-6,9-10H2. The van der Waals surface area contributed by atoms with E-state index >= 15 is 0 Å². The average molecular weight is 190 g/mol. The van der Waals surface area contributed by atoms with Gasteiger partial charge >= 0.3 is 0 Å². The minimum Gasteiger partial charge on any atom is -0.321 e. The molecular weight excluding hydrogens is 172 g/mol. The maximum absolute atomic E-state index is 3.39. The van der Waals surface area contributed by atoms with Gasteiger partial charge in [0.05, 0.1) is 0 Å². The number of rotatable bonds is 3. The summed E-state index contributed by atoms with van der Waals surface area (Å²) in [7, 11) is 0. The summed E-state index contributed by atoms with van der Waals surface area (Å²) in [6.45, 7) is 0. The van der Waals surface area contributed by atoms with Gasteiger partial charge in [-0.2, -0.15) is 0 Å². The second kappa shape index (κ2) is 5.01. The van der Waals surface area contributed by atoms with Crippen LogP contribution in [0.15, 0.2) is 30.3 Å². The lowest BCUT2D eigenvalue weighted by atomic mass is 9.96. The molecule has 2 rings (SSSR count). The van der Waals surface area contributed by atoms with Crippen LogP contribution in [0.25, 0.3) is 0 Å². The first kappa shape index (κ1) is 9.53. The molecule has 1 saturated carbocycles. The molecule has 0 atom stereocenters. The Morgan fingerprint density at radius 3 is 2.36 bits per heavy atom. The fourth-order valence-electron chi connectivity index (χ4n) is 1.95. The largest absolute Gasteiger partial charge is 0.321 e. The molecule has 0 amide bonds. The van der Waals surface area contributed by atoms with Gasteiger partial charge in [0.25, 0.3) is 0 Å². The molecule has 0 aromatic heterocycles. The highest BCUT2D eigenvalue weighted by atomic mass is 15.4. The first-order valence-electron chi connectivity index (χ1n) is 5.52. The molecule has 1 aromatic carbocycles. The molecule has 0 heterocycles. The van der Waals surface area contributed by atoms with Gasteiger partial charge in [-0.1, -0.05) is 37.5 Å². The lowest BCUT2D eigenvalue weighted by molar-refractivity contribution is 0.393. The van der Waals surface area contributed by atoms with E-state index < -0.39 is 0 Å². The van der Waals surface area contributed by atoms with Crippen molar-refractivity contribution in [2.45, 2.75) is 38.1 Å². The van der Waals surface area contributed by atoms with Crippen LogP contribution >= 0.6 is 0 Å². The van der Waals surface area contributed by atoms with Gasteiger partial charge in [-0.3, -0.25) is 0 Å². The van der Waals surface area contributed by atoms with Crippen LogP contribution in [-0.4, -0.2) is 6.04 Å². The van der Waals surface area contributed by atoms with Crippen molar-refractivity contribution in [3.8, 4) is 0 Å². The molecular formula is C12H18N2. The maximum Gasteiger partial charge on any atom is 0.0487 e. The number of anilines is 1. The summed E-state index contributed by atoms with van der Waals surface area (Å²) in [5.41, 5.74) is 7.80. The predicted octanol–water partition coefficient (Wildman–Crippen LogP) is 2.94. The smallest absolute Gasteiger partial charge is 0.0487 e. The highest BCUT2D eigenvalue weighted by Gasteiger charge is 2.11. The van der Waals surface area contributed by atoms with Gasteiger partial charge in [-0.25, -0.2) is 5.43 Å². The van der Waals surface area contributed by atoms with Crippen molar-refractivity contribution < 1.29 is 0 Å². The zero-order chi connectivity index (χ0) is 9.64. The molecule has 14 heavy (non-hydrogen) atoms. The first-order chi connectivity index (χ1) is 6.95. The monoisotopic (exact) mass is 190 g/mol. The summed E-state index contributed by atoms with van der Waals surface area (Å²) in [6, 6.07) is 10.9. The SMILES string of the molecule is c1ccc(NNC2CCCCC2)cc1. The normalized spacial score (nSPS) is 18.0. The van der Waals surface area contributed by atoms with Crippen LogP contribution in [0.1, 0.15) is 32.1 Å². The molecule has 0 spiro atoms. The van der Waals surface area contributed by atoms with Gasteiger partial charge in [0.1, 0.15) is 0 Å². The van der Waals surface area contributed by atoms with E-state index in [0.29, 0.717) is 6.04 Å². The van der Waals surface area contributed by atoms with Crippen LogP contribution in [0.4, 0.5) is 5.69 Å². The van der Waals surface area contributed by atoms with Crippen LogP contribution in [0.5, 0.6) is 0 Å². The summed E-state index contributed by atoms with van der Waals surface area (Å²) in [6.07, 6.45) is 6.76. The van der Waals surface area contributed by atoms with Crippen LogP contribution in [-0.2, 0) is 0 Å². The van der Waals surface area contributed by atoms with Crippen molar-refractivity contribution in [2.75, 3.05) is 5.43 Å². The number of nitrogens with one attached hydrogen (secondary N) is 2. The minimum absolute atomic E-state index is 0.656. The van der Waals surface area contributed by atoms with Crippen molar-refractivity contribution >= 4 is 5.69 Å². The van der Waals surface area contributed by atoms with Crippen LogP contribution in [0.3, 0.4) is 0 Å². The summed E-state index contributed by atoms with van der Waals surface area (Å²) in [5, 5.41) is 0. The van der Waals surface area contributed by atoms with E-state index in [9.17, 15) is 0 Å². The van der Waals surface area contributed by atoms with Crippen molar-refractivity contribution in [3.05, 3.63) is 30.3 Å². The Kier molecular flexibility index (Phi) is 3.41. The molecule has 2 N–H and O–H groups in total. The summed E-state index contributed by atoms with van der Waals surface area (Å²) in [5.74, 6) is 0. The van der Waals surface area contributed by atoms with Crippen molar-refractivity contribution in [3.63, 3.8) is 0 Å². The second-order valence-corrected chi connectivity index (χ2v) is 3.97. The Morgan fingerprint density at radius 1 is 0.929 bits per heavy atom. The van der Waals surface area contributed by atoms with Crippen LogP contribution in [0.2, 0.25) is 0 Å². The van der Waals surface area contributed by atoms with E-state index in [2.05, 4.69) is 23.0 Å². The zero-order valence-electron chi connectivity index (χ0n) is 8.50. The Morgan fingerprint density at radius 2 is 1.64 bits per heavy atom. The Labute approximate surface area is 85.7 Å². The minimum atomic E-state index is 0.656. The topological polar surface area (TPSA) is 24.1 Å². The van der Waals surface area contributed by atoms with Gasteiger partial charge in [0, 0.05) is 11.7 Å². The molecule has 0 unspecified atom stereocenters. The predicted molar refractivity (Wildman–Crippen MR) is 60.1 cm³/mol. The molecule has 1 aromatic rings. The maximum atomic E-state index is 3.39. The Bertz CT molecular complexity index is 252. The molecule has 2 nitrogen and oxygen atoms in total. The van der Waals surface area contributed by atoms with Gasteiger partial charge in [0.2, 0.25) is 0 Å². The lowest BCUT2D eigenvalue weighted by Crippen LogP contribution is -2.35. The lowest BCUT2D eigenvalue weighted by Gasteiger charge is -2.23. The van der Waals surface area contributed by atoms with Crippen LogP contribution in [0, 0.1) is 0 Å². The average Bonchev–Trinajstić information content (AvgIpc) is 2.29. The van der Waals surface area contributed by atoms with E-state index in [1.54, 1.807) is 0 Å². The third-order valence-electron chi connectivity index (χ3n) is 2.80. The summed E-state index contributed by atoms with van der Waals surface area (Å²) >= 11 is 0. The zero-order valence-corrected chi connectivity index (χ0v) is 8.50. The van der Waals surface area contributed by atoms with E-state index in [4.69, 9.17) is 0 Å². The molecule has 2 heteroatoms. The van der Waals surface area contributed by atoms with E-state index in [1.807, 2.05) is 18.2 Å². The van der Waals surface area contributed by atoms with Crippen LogP contribution < -0.4 is 10.9 Å². The third-order valence-corrected chi connectivity index (χ3v) is 2.80. The fourth-order valence-corrected chi connectivity index (χ4v) is 1.95. The van der Waals surface area contributed by atoms with Crippen molar-refractivity contribution in [1.82, 2.24) is 5.43 Å². The van der Waals surface area contributed by atoms with E-state index in [-0.39, 0.29) is 0 Å². The molecule has 1 aliphatic rings. The Hall–Kier alpha value is -1.02. The number of para-hydroxylation sites is 1. The van der Waals surface area contributed by atoms with E-state index in [1.165, 1.54) is 32.1 Å². The highest BCUT2D eigenvalue weighted by Crippen LogP contribution is 2.17. The van der Waals surface area contributed by atoms with Crippen molar-refractivity contribution in [1.29, 1.82) is 0 Å². The van der Waals surface area contributed by atoms with Gasteiger partial charge < -0.3 is 5.43 Å². The summed E-state index contributed by atoms with van der Waals surface area (Å²) < 4.78 is 0. The van der Waals surface area contributed by atoms with Crippen molar-refractivity contribution in [2.24, 2.45) is 0 Å². The molecule has 1 fully saturated rings. The first-order valence-corrected chi connectivity index (χ1v) is 5.52. The Balaban J connectivity index is 1.76. The highest BCUT2D eigenvalue weighted by molar-refractivity contribution is 5.41. The van der Waals surface area contributed by atoms with E-state index in [0.717, 1.165) is 5.69 Å². The third kappa shape index (κ3) is 2.74. The summed E-state index contributed by atoms with van der Waals surface area (Å²) in [4.78, 5) is 0. The molecule has 76 valence electrons.